The van der Waals surface area contributed by atoms with Crippen LogP contribution < -0.4 is 11.1 Å². The number of fused-ring (bicyclic) bond motifs is 1. The summed E-state index contributed by atoms with van der Waals surface area (Å²) in [5.41, 5.74) is 12.5. The number of aromatic amines is 1. The Morgan fingerprint density at radius 2 is 2.00 bits per heavy atom. The maximum Gasteiger partial charge on any atom is 0.241 e. The predicted octanol–water partition coefficient (Wildman–Crippen LogP) is 5.12. The Morgan fingerprint density at radius 1 is 1.24 bits per heavy atom. The van der Waals surface area contributed by atoms with E-state index in [0.29, 0.717) is 12.3 Å². The molecular formula is C24H30N4O. The van der Waals surface area contributed by atoms with Crippen molar-refractivity contribution in [1.82, 2.24) is 9.97 Å². The summed E-state index contributed by atoms with van der Waals surface area (Å²) in [5.74, 6) is 0.520. The van der Waals surface area contributed by atoms with Gasteiger partial charge >= 0.3 is 0 Å². The van der Waals surface area contributed by atoms with Gasteiger partial charge in [0, 0.05) is 23.0 Å². The number of carbonyl (C=O) groups is 1. The minimum absolute atomic E-state index is 0.0130. The van der Waals surface area contributed by atoms with Crippen LogP contribution in [0.5, 0.6) is 0 Å². The Balaban J connectivity index is 1.58. The third-order valence-electron chi connectivity index (χ3n) is 5.52. The third-order valence-corrected chi connectivity index (χ3v) is 5.52. The van der Waals surface area contributed by atoms with Crippen LogP contribution in [-0.2, 0) is 4.79 Å². The number of nitrogens with zero attached hydrogens (tertiary/aromatic N) is 1. The predicted molar refractivity (Wildman–Crippen MR) is 119 cm³/mol. The van der Waals surface area contributed by atoms with E-state index >= 15 is 0 Å². The highest BCUT2D eigenvalue weighted by molar-refractivity contribution is 5.97. The van der Waals surface area contributed by atoms with Gasteiger partial charge in [0.2, 0.25) is 5.91 Å². The van der Waals surface area contributed by atoms with Crippen LogP contribution in [0.15, 0.2) is 36.5 Å². The van der Waals surface area contributed by atoms with Gasteiger partial charge in [-0.2, -0.15) is 0 Å². The van der Waals surface area contributed by atoms with E-state index in [1.165, 1.54) is 18.5 Å². The second kappa shape index (κ2) is 7.30. The lowest BCUT2D eigenvalue weighted by Gasteiger charge is -2.22. The number of carbonyl (C=O) groups excluding carboxylic acids is 1. The maximum atomic E-state index is 12.5. The third kappa shape index (κ3) is 4.35. The van der Waals surface area contributed by atoms with Gasteiger partial charge in [-0.3, -0.25) is 4.79 Å². The number of aryl methyl sites for hydroxylation is 1. The summed E-state index contributed by atoms with van der Waals surface area (Å²) in [7, 11) is 0. The molecule has 4 rings (SSSR count). The Hall–Kier alpha value is -2.66. The zero-order valence-electron chi connectivity index (χ0n) is 17.7. The minimum Gasteiger partial charge on any atom is -0.343 e. The van der Waals surface area contributed by atoms with Crippen molar-refractivity contribution in [3.05, 3.63) is 47.8 Å². The van der Waals surface area contributed by atoms with E-state index in [9.17, 15) is 4.79 Å². The molecule has 3 aromatic rings. The normalized spacial score (nSPS) is 15.5. The van der Waals surface area contributed by atoms with Crippen LogP contribution in [0, 0.1) is 12.3 Å². The monoisotopic (exact) mass is 390 g/mol. The van der Waals surface area contributed by atoms with E-state index in [1.54, 1.807) is 0 Å². The quantitative estimate of drug-likeness (QED) is 0.565. The molecule has 0 saturated heterocycles. The van der Waals surface area contributed by atoms with Crippen LogP contribution in [0.25, 0.3) is 22.2 Å². The highest BCUT2D eigenvalue weighted by Gasteiger charge is 2.26. The zero-order valence-corrected chi connectivity index (χ0v) is 17.7. The summed E-state index contributed by atoms with van der Waals surface area (Å²) < 4.78 is 0. The van der Waals surface area contributed by atoms with Crippen LogP contribution >= 0.6 is 0 Å². The molecule has 1 atom stereocenters. The number of pyridine rings is 1. The van der Waals surface area contributed by atoms with Gasteiger partial charge < -0.3 is 16.0 Å². The molecular weight excluding hydrogens is 360 g/mol. The summed E-state index contributed by atoms with van der Waals surface area (Å²) in [5, 5.41) is 4.12. The standard InChI is InChI=1S/C24H30N4O/c1-14-11-16(27-23(29)20(25)13-24(2,3)4)7-8-17(14)18-9-10-26-22-19(18)12-21(28-22)15-5-6-15/h7-12,15,20H,5-6,13,25H2,1-4H3,(H,26,28)(H,27,29)/t20-/m1/s1. The number of nitrogens with one attached hydrogen (secondary N) is 2. The number of aromatic nitrogens is 2. The molecule has 0 unspecified atom stereocenters. The summed E-state index contributed by atoms with van der Waals surface area (Å²) >= 11 is 0. The van der Waals surface area contributed by atoms with E-state index in [4.69, 9.17) is 5.73 Å². The SMILES string of the molecule is Cc1cc(NC(=O)[C@H](N)CC(C)(C)C)ccc1-c1ccnc2[nH]c(C3CC3)cc12. The summed E-state index contributed by atoms with van der Waals surface area (Å²) in [6.07, 6.45) is 5.01. The van der Waals surface area contributed by atoms with Gasteiger partial charge in [0.25, 0.3) is 0 Å². The average molecular weight is 391 g/mol. The molecule has 4 N–H and O–H groups in total. The molecule has 2 aromatic heterocycles. The van der Waals surface area contributed by atoms with Crippen molar-refractivity contribution in [2.45, 2.75) is 58.9 Å². The van der Waals surface area contributed by atoms with Crippen molar-refractivity contribution in [2.24, 2.45) is 11.1 Å². The fourth-order valence-electron chi connectivity index (χ4n) is 3.93. The fourth-order valence-corrected chi connectivity index (χ4v) is 3.93. The van der Waals surface area contributed by atoms with Gasteiger partial charge in [0.05, 0.1) is 6.04 Å². The molecule has 0 bridgehead atoms. The van der Waals surface area contributed by atoms with Gasteiger partial charge in [-0.25, -0.2) is 4.98 Å². The smallest absolute Gasteiger partial charge is 0.241 e. The Kier molecular flexibility index (Phi) is 4.95. The van der Waals surface area contributed by atoms with Crippen molar-refractivity contribution >= 4 is 22.6 Å². The number of H-pyrrole nitrogens is 1. The molecule has 1 aliphatic carbocycles. The van der Waals surface area contributed by atoms with Crippen LogP contribution in [-0.4, -0.2) is 21.9 Å². The van der Waals surface area contributed by atoms with Crippen molar-refractivity contribution in [2.75, 3.05) is 5.32 Å². The Labute approximate surface area is 172 Å². The highest BCUT2D eigenvalue weighted by Crippen LogP contribution is 2.42. The van der Waals surface area contributed by atoms with E-state index in [-0.39, 0.29) is 11.3 Å². The van der Waals surface area contributed by atoms with E-state index in [0.717, 1.165) is 33.4 Å². The number of nitrogens with two attached hydrogens (primary N) is 1. The van der Waals surface area contributed by atoms with Crippen molar-refractivity contribution in [1.29, 1.82) is 0 Å². The zero-order chi connectivity index (χ0) is 20.8. The van der Waals surface area contributed by atoms with Gasteiger partial charge in [-0.15, -0.1) is 0 Å². The number of hydrogen-bond acceptors (Lipinski definition) is 3. The molecule has 0 spiro atoms. The van der Waals surface area contributed by atoms with Gasteiger partial charge in [-0.1, -0.05) is 26.8 Å². The van der Waals surface area contributed by atoms with Crippen molar-refractivity contribution < 1.29 is 4.79 Å². The lowest BCUT2D eigenvalue weighted by molar-refractivity contribution is -0.118. The van der Waals surface area contributed by atoms with Crippen LogP contribution in [0.1, 0.15) is 57.2 Å². The van der Waals surface area contributed by atoms with Crippen LogP contribution in [0.4, 0.5) is 5.69 Å². The molecule has 29 heavy (non-hydrogen) atoms. The molecule has 1 amide bonds. The largest absolute Gasteiger partial charge is 0.343 e. The number of benzene rings is 1. The van der Waals surface area contributed by atoms with Gasteiger partial charge in [-0.05, 0) is 78.5 Å². The molecule has 1 aromatic carbocycles. The molecule has 1 fully saturated rings. The number of anilines is 1. The van der Waals surface area contributed by atoms with Gasteiger partial charge in [0.1, 0.15) is 5.65 Å². The number of hydrogen-bond donors (Lipinski definition) is 3. The second-order valence-electron chi connectivity index (χ2n) is 9.51. The Bertz CT molecular complexity index is 1060. The number of amides is 1. The molecule has 1 aliphatic rings. The highest BCUT2D eigenvalue weighted by atomic mass is 16.2. The molecule has 1 saturated carbocycles. The Morgan fingerprint density at radius 3 is 2.66 bits per heavy atom. The molecule has 5 nitrogen and oxygen atoms in total. The average Bonchev–Trinajstić information content (AvgIpc) is 3.39. The van der Waals surface area contributed by atoms with Gasteiger partial charge in [0.15, 0.2) is 0 Å². The lowest BCUT2D eigenvalue weighted by Crippen LogP contribution is -2.38. The summed E-state index contributed by atoms with van der Waals surface area (Å²) in [4.78, 5) is 20.4. The molecule has 0 radical (unpaired) electrons. The van der Waals surface area contributed by atoms with E-state index in [2.05, 4.69) is 61.2 Å². The summed E-state index contributed by atoms with van der Waals surface area (Å²) in [6.45, 7) is 8.33. The topological polar surface area (TPSA) is 83.8 Å². The fraction of sp³-hybridized carbons (Fsp3) is 0.417. The number of rotatable bonds is 5. The summed E-state index contributed by atoms with van der Waals surface area (Å²) in [6, 6.07) is 9.82. The van der Waals surface area contributed by atoms with E-state index < -0.39 is 6.04 Å². The first-order chi connectivity index (χ1) is 13.7. The first kappa shape index (κ1) is 19.6. The molecule has 0 aliphatic heterocycles. The van der Waals surface area contributed by atoms with E-state index in [1.807, 2.05) is 18.3 Å². The second-order valence-corrected chi connectivity index (χ2v) is 9.51. The molecule has 2 heterocycles. The molecule has 152 valence electrons. The molecule has 5 heteroatoms. The van der Waals surface area contributed by atoms with Crippen molar-refractivity contribution in [3.63, 3.8) is 0 Å². The minimum atomic E-state index is -0.518. The first-order valence-corrected chi connectivity index (χ1v) is 10.4. The van der Waals surface area contributed by atoms with Crippen LogP contribution in [0.3, 0.4) is 0 Å². The van der Waals surface area contributed by atoms with Crippen molar-refractivity contribution in [3.8, 4) is 11.1 Å². The lowest BCUT2D eigenvalue weighted by atomic mass is 9.88. The maximum absolute atomic E-state index is 12.5. The first-order valence-electron chi connectivity index (χ1n) is 10.4. The van der Waals surface area contributed by atoms with Crippen LogP contribution in [0.2, 0.25) is 0 Å².